The van der Waals surface area contributed by atoms with Gasteiger partial charge < -0.3 is 0 Å². The van der Waals surface area contributed by atoms with E-state index in [-0.39, 0.29) is 11.8 Å². The fraction of sp³-hybridized carbons (Fsp3) is 0.0769. The number of hydrogen-bond donors (Lipinski definition) is 0. The molecule has 2 amide bonds. The van der Waals surface area contributed by atoms with Crippen molar-refractivity contribution in [2.45, 2.75) is 6.42 Å². The number of benzene rings is 1. The second-order valence-electron chi connectivity index (χ2n) is 3.62. The van der Waals surface area contributed by atoms with E-state index in [1.165, 1.54) is 6.08 Å². The predicted molar refractivity (Wildman–Crippen MR) is 66.8 cm³/mol. The lowest BCUT2D eigenvalue weighted by atomic mass is 10.2. The summed E-state index contributed by atoms with van der Waals surface area (Å²) in [4.78, 5) is 24.8. The minimum atomic E-state index is -0.325. The van der Waals surface area contributed by atoms with Crippen molar-refractivity contribution in [3.8, 4) is 0 Å². The average Bonchev–Trinajstić information content (AvgIpc) is 2.57. The highest BCUT2D eigenvalue weighted by molar-refractivity contribution is 6.32. The van der Waals surface area contributed by atoms with Gasteiger partial charge in [-0.3, -0.25) is 9.59 Å². The van der Waals surface area contributed by atoms with Crippen LogP contribution in [0, 0.1) is 0 Å². The highest BCUT2D eigenvalue weighted by Crippen LogP contribution is 2.25. The van der Waals surface area contributed by atoms with Gasteiger partial charge in [0, 0.05) is 16.7 Å². The van der Waals surface area contributed by atoms with Crippen LogP contribution >= 0.6 is 11.6 Å². The quantitative estimate of drug-likeness (QED) is 0.608. The Morgan fingerprint density at radius 1 is 1.24 bits per heavy atom. The van der Waals surface area contributed by atoms with E-state index < -0.39 is 0 Å². The van der Waals surface area contributed by atoms with E-state index in [2.05, 4.69) is 6.58 Å². The first-order chi connectivity index (χ1) is 8.13. The number of amides is 2. The average molecular weight is 248 g/mol. The van der Waals surface area contributed by atoms with E-state index in [9.17, 15) is 9.59 Å². The number of carbonyl (C=O) groups is 2. The number of nitrogens with zero attached hydrogens (tertiary/aromatic N) is 1. The first kappa shape index (κ1) is 11.6. The third-order valence-electron chi connectivity index (χ3n) is 2.44. The van der Waals surface area contributed by atoms with Crippen LogP contribution in [0.5, 0.6) is 0 Å². The minimum absolute atomic E-state index is 0.294. The summed E-state index contributed by atoms with van der Waals surface area (Å²) >= 11 is 5.75. The second-order valence-corrected chi connectivity index (χ2v) is 4.05. The Morgan fingerprint density at radius 3 is 2.47 bits per heavy atom. The Bertz CT molecular complexity index is 517. The zero-order chi connectivity index (χ0) is 12.4. The molecule has 0 fully saturated rings. The van der Waals surface area contributed by atoms with Crippen molar-refractivity contribution < 1.29 is 9.59 Å². The standard InChI is InChI=1S/C13H10ClNO2/c1-2-3-9-8-12(16)15(13(9)17)11-6-4-10(14)5-7-11/h2,4-8H,1,3H2. The van der Waals surface area contributed by atoms with E-state index in [0.717, 1.165) is 4.90 Å². The Kier molecular flexibility index (Phi) is 3.11. The number of carbonyl (C=O) groups excluding carboxylic acids is 2. The highest BCUT2D eigenvalue weighted by atomic mass is 35.5. The van der Waals surface area contributed by atoms with Gasteiger partial charge in [0.05, 0.1) is 5.69 Å². The van der Waals surface area contributed by atoms with Crippen molar-refractivity contribution in [1.29, 1.82) is 0 Å². The summed E-state index contributed by atoms with van der Waals surface area (Å²) in [7, 11) is 0. The number of rotatable bonds is 3. The molecular weight excluding hydrogens is 238 g/mol. The van der Waals surface area contributed by atoms with Crippen molar-refractivity contribution in [3.63, 3.8) is 0 Å². The maximum Gasteiger partial charge on any atom is 0.261 e. The molecule has 0 spiro atoms. The Morgan fingerprint density at radius 2 is 1.88 bits per heavy atom. The first-order valence-electron chi connectivity index (χ1n) is 5.09. The van der Waals surface area contributed by atoms with Crippen LogP contribution in [0.4, 0.5) is 5.69 Å². The molecule has 3 nitrogen and oxygen atoms in total. The number of anilines is 1. The van der Waals surface area contributed by atoms with Crippen LogP contribution in [-0.2, 0) is 9.59 Å². The van der Waals surface area contributed by atoms with Gasteiger partial charge in [-0.1, -0.05) is 17.7 Å². The van der Waals surface area contributed by atoms with Gasteiger partial charge in [-0.15, -0.1) is 6.58 Å². The van der Waals surface area contributed by atoms with Gasteiger partial charge in [-0.2, -0.15) is 0 Å². The molecule has 1 aromatic rings. The molecule has 1 heterocycles. The van der Waals surface area contributed by atoms with Crippen molar-refractivity contribution in [2.24, 2.45) is 0 Å². The summed E-state index contributed by atoms with van der Waals surface area (Å²) in [5.74, 6) is -0.619. The molecule has 0 atom stereocenters. The topological polar surface area (TPSA) is 37.4 Å². The SMILES string of the molecule is C=CCC1=CC(=O)N(c2ccc(Cl)cc2)C1=O. The molecule has 86 valence electrons. The molecule has 0 aliphatic carbocycles. The first-order valence-corrected chi connectivity index (χ1v) is 5.46. The Hall–Kier alpha value is -1.87. The van der Waals surface area contributed by atoms with Crippen LogP contribution in [0.3, 0.4) is 0 Å². The lowest BCUT2D eigenvalue weighted by Gasteiger charge is -2.14. The lowest BCUT2D eigenvalue weighted by molar-refractivity contribution is -0.120. The molecule has 0 aromatic heterocycles. The minimum Gasteiger partial charge on any atom is -0.269 e. The molecule has 4 heteroatoms. The van der Waals surface area contributed by atoms with E-state index in [4.69, 9.17) is 11.6 Å². The fourth-order valence-electron chi connectivity index (χ4n) is 1.66. The molecule has 17 heavy (non-hydrogen) atoms. The van der Waals surface area contributed by atoms with Gasteiger partial charge >= 0.3 is 0 Å². The van der Waals surface area contributed by atoms with Gasteiger partial charge in [0.15, 0.2) is 0 Å². The molecule has 0 saturated heterocycles. The number of imide groups is 1. The third-order valence-corrected chi connectivity index (χ3v) is 2.70. The monoisotopic (exact) mass is 247 g/mol. The summed E-state index contributed by atoms with van der Waals surface area (Å²) in [6.07, 6.45) is 3.34. The molecule has 0 unspecified atom stereocenters. The smallest absolute Gasteiger partial charge is 0.261 e. The van der Waals surface area contributed by atoms with Crippen LogP contribution in [-0.4, -0.2) is 11.8 Å². The maximum absolute atomic E-state index is 11.9. The molecule has 0 bridgehead atoms. The van der Waals surface area contributed by atoms with Gasteiger partial charge in [0.1, 0.15) is 0 Å². The molecule has 2 rings (SSSR count). The molecule has 1 aliphatic heterocycles. The highest BCUT2D eigenvalue weighted by Gasteiger charge is 2.31. The normalized spacial score (nSPS) is 15.1. The van der Waals surface area contributed by atoms with Crippen LogP contribution in [0.1, 0.15) is 6.42 Å². The van der Waals surface area contributed by atoms with Crippen LogP contribution < -0.4 is 4.90 Å². The second kappa shape index (κ2) is 4.55. The Labute approximate surface area is 104 Å². The van der Waals surface area contributed by atoms with Crippen molar-refractivity contribution >= 4 is 29.1 Å². The van der Waals surface area contributed by atoms with Crippen molar-refractivity contribution in [3.05, 3.63) is 53.6 Å². The molecule has 1 aliphatic rings. The molecule has 0 saturated carbocycles. The summed E-state index contributed by atoms with van der Waals surface area (Å²) in [6, 6.07) is 6.57. The summed E-state index contributed by atoms with van der Waals surface area (Å²) in [5, 5.41) is 0.562. The van der Waals surface area contributed by atoms with Gasteiger partial charge in [-0.25, -0.2) is 4.90 Å². The van der Waals surface area contributed by atoms with Crippen LogP contribution in [0.25, 0.3) is 0 Å². The lowest BCUT2D eigenvalue weighted by Crippen LogP contribution is -2.30. The fourth-order valence-corrected chi connectivity index (χ4v) is 1.78. The molecule has 0 radical (unpaired) electrons. The summed E-state index contributed by atoms with van der Waals surface area (Å²) in [5.41, 5.74) is 0.986. The molecular formula is C13H10ClNO2. The number of halogens is 1. The number of hydrogen-bond acceptors (Lipinski definition) is 2. The number of allylic oxidation sites excluding steroid dienone is 1. The summed E-state index contributed by atoms with van der Waals surface area (Å²) in [6.45, 7) is 3.55. The predicted octanol–water partition coefficient (Wildman–Crippen LogP) is 2.72. The third kappa shape index (κ3) is 2.15. The van der Waals surface area contributed by atoms with E-state index in [1.807, 2.05) is 0 Å². The van der Waals surface area contributed by atoms with Crippen LogP contribution in [0.2, 0.25) is 5.02 Å². The van der Waals surface area contributed by atoms with Gasteiger partial charge in [0.2, 0.25) is 0 Å². The van der Waals surface area contributed by atoms with E-state index in [0.29, 0.717) is 22.7 Å². The Balaban J connectivity index is 2.30. The van der Waals surface area contributed by atoms with E-state index in [1.54, 1.807) is 30.3 Å². The van der Waals surface area contributed by atoms with Crippen LogP contribution in [0.15, 0.2) is 48.6 Å². The van der Waals surface area contributed by atoms with Gasteiger partial charge in [-0.05, 0) is 30.7 Å². The van der Waals surface area contributed by atoms with E-state index >= 15 is 0 Å². The zero-order valence-corrected chi connectivity index (χ0v) is 9.78. The van der Waals surface area contributed by atoms with Crippen molar-refractivity contribution in [1.82, 2.24) is 0 Å². The zero-order valence-electron chi connectivity index (χ0n) is 9.02. The maximum atomic E-state index is 11.9. The van der Waals surface area contributed by atoms with Crippen molar-refractivity contribution in [2.75, 3.05) is 4.90 Å². The molecule has 1 aromatic carbocycles. The van der Waals surface area contributed by atoms with Gasteiger partial charge in [0.25, 0.3) is 11.8 Å². The summed E-state index contributed by atoms with van der Waals surface area (Å²) < 4.78 is 0. The molecule has 0 N–H and O–H groups in total. The largest absolute Gasteiger partial charge is 0.269 e.